The predicted molar refractivity (Wildman–Crippen MR) is 61.3 cm³/mol. The molecule has 2 N–H and O–H groups in total. The zero-order valence-electron chi connectivity index (χ0n) is 8.64. The summed E-state index contributed by atoms with van der Waals surface area (Å²) in [5.74, 6) is 0.545. The van der Waals surface area contributed by atoms with E-state index in [1.165, 1.54) is 0 Å². The van der Waals surface area contributed by atoms with Gasteiger partial charge < -0.3 is 5.73 Å². The standard InChI is InChI=1S/C12H13N3/c1-2-11-7-9(5-6-14-11)10-3-4-12(13)15-8-10/h3-8H,2H2,1H3,(H2,13,15). The molecule has 0 radical (unpaired) electrons. The van der Waals surface area contributed by atoms with Crippen LogP contribution in [0.2, 0.25) is 0 Å². The molecular formula is C12H13N3. The number of nitrogens with zero attached hydrogens (tertiary/aromatic N) is 2. The predicted octanol–water partition coefficient (Wildman–Crippen LogP) is 2.29. The lowest BCUT2D eigenvalue weighted by atomic mass is 10.1. The van der Waals surface area contributed by atoms with E-state index >= 15 is 0 Å². The van der Waals surface area contributed by atoms with Gasteiger partial charge in [-0.1, -0.05) is 6.92 Å². The molecule has 15 heavy (non-hydrogen) atoms. The molecule has 2 aromatic heterocycles. The zero-order valence-corrected chi connectivity index (χ0v) is 8.64. The van der Waals surface area contributed by atoms with Crippen molar-refractivity contribution in [2.75, 3.05) is 5.73 Å². The van der Waals surface area contributed by atoms with Gasteiger partial charge in [-0.25, -0.2) is 4.98 Å². The van der Waals surface area contributed by atoms with Crippen molar-refractivity contribution in [3.05, 3.63) is 42.4 Å². The molecular weight excluding hydrogens is 186 g/mol. The van der Waals surface area contributed by atoms with Crippen LogP contribution in [0.15, 0.2) is 36.7 Å². The van der Waals surface area contributed by atoms with E-state index < -0.39 is 0 Å². The summed E-state index contributed by atoms with van der Waals surface area (Å²) in [6.45, 7) is 2.09. The molecule has 0 aromatic carbocycles. The Labute approximate surface area is 89.0 Å². The van der Waals surface area contributed by atoms with Crippen LogP contribution in [0.1, 0.15) is 12.6 Å². The van der Waals surface area contributed by atoms with Gasteiger partial charge in [0.25, 0.3) is 0 Å². The van der Waals surface area contributed by atoms with Gasteiger partial charge in [-0.3, -0.25) is 4.98 Å². The molecule has 0 bridgehead atoms. The maximum Gasteiger partial charge on any atom is 0.123 e. The highest BCUT2D eigenvalue weighted by molar-refractivity contribution is 5.63. The summed E-state index contributed by atoms with van der Waals surface area (Å²) in [4.78, 5) is 8.32. The second-order valence-electron chi connectivity index (χ2n) is 3.36. The molecule has 0 fully saturated rings. The van der Waals surface area contributed by atoms with Crippen molar-refractivity contribution in [2.45, 2.75) is 13.3 Å². The third kappa shape index (κ3) is 2.13. The minimum Gasteiger partial charge on any atom is -0.384 e. The largest absolute Gasteiger partial charge is 0.384 e. The molecule has 0 aliphatic heterocycles. The van der Waals surface area contributed by atoms with Gasteiger partial charge in [-0.05, 0) is 36.2 Å². The van der Waals surface area contributed by atoms with Gasteiger partial charge in [0.05, 0.1) is 0 Å². The van der Waals surface area contributed by atoms with Crippen molar-refractivity contribution < 1.29 is 0 Å². The monoisotopic (exact) mass is 199 g/mol. The van der Waals surface area contributed by atoms with Gasteiger partial charge in [-0.15, -0.1) is 0 Å². The molecule has 0 aliphatic rings. The highest BCUT2D eigenvalue weighted by atomic mass is 14.8. The molecule has 2 rings (SSSR count). The number of hydrogen-bond acceptors (Lipinski definition) is 3. The van der Waals surface area contributed by atoms with E-state index in [1.54, 1.807) is 12.3 Å². The van der Waals surface area contributed by atoms with E-state index in [-0.39, 0.29) is 0 Å². The molecule has 0 amide bonds. The quantitative estimate of drug-likeness (QED) is 0.807. The second kappa shape index (κ2) is 4.09. The van der Waals surface area contributed by atoms with Crippen molar-refractivity contribution in [3.8, 4) is 11.1 Å². The van der Waals surface area contributed by atoms with Gasteiger partial charge in [0, 0.05) is 23.7 Å². The molecule has 2 aromatic rings. The Bertz CT molecular complexity index is 449. The van der Waals surface area contributed by atoms with Crippen molar-refractivity contribution in [3.63, 3.8) is 0 Å². The smallest absolute Gasteiger partial charge is 0.123 e. The van der Waals surface area contributed by atoms with Crippen LogP contribution < -0.4 is 5.73 Å². The zero-order chi connectivity index (χ0) is 10.7. The van der Waals surface area contributed by atoms with Crippen molar-refractivity contribution in [1.82, 2.24) is 9.97 Å². The van der Waals surface area contributed by atoms with Crippen LogP contribution in [-0.4, -0.2) is 9.97 Å². The molecule has 3 heteroatoms. The molecule has 0 aliphatic carbocycles. The van der Waals surface area contributed by atoms with Gasteiger partial charge in [0.15, 0.2) is 0 Å². The van der Waals surface area contributed by atoms with Crippen LogP contribution in [0.3, 0.4) is 0 Å². The molecule has 2 heterocycles. The first kappa shape index (κ1) is 9.65. The van der Waals surface area contributed by atoms with Crippen LogP contribution in [-0.2, 0) is 6.42 Å². The summed E-state index contributed by atoms with van der Waals surface area (Å²) >= 11 is 0. The van der Waals surface area contributed by atoms with Gasteiger partial charge in [-0.2, -0.15) is 0 Å². The normalized spacial score (nSPS) is 10.2. The number of hydrogen-bond donors (Lipinski definition) is 1. The first-order chi connectivity index (χ1) is 7.29. The van der Waals surface area contributed by atoms with Crippen LogP contribution >= 0.6 is 0 Å². The third-order valence-electron chi connectivity index (χ3n) is 2.30. The van der Waals surface area contributed by atoms with E-state index in [0.29, 0.717) is 5.82 Å². The number of rotatable bonds is 2. The summed E-state index contributed by atoms with van der Waals surface area (Å²) in [6, 6.07) is 7.83. The second-order valence-corrected chi connectivity index (χ2v) is 3.36. The average molecular weight is 199 g/mol. The Kier molecular flexibility index (Phi) is 2.63. The summed E-state index contributed by atoms with van der Waals surface area (Å²) in [7, 11) is 0. The van der Waals surface area contributed by atoms with Crippen LogP contribution in [0, 0.1) is 0 Å². The lowest BCUT2D eigenvalue weighted by Crippen LogP contribution is -1.90. The molecule has 0 unspecified atom stereocenters. The highest BCUT2D eigenvalue weighted by Gasteiger charge is 1.99. The number of pyridine rings is 2. The maximum atomic E-state index is 5.54. The van der Waals surface area contributed by atoms with Gasteiger partial charge in [0.2, 0.25) is 0 Å². The Morgan fingerprint density at radius 2 is 2.00 bits per heavy atom. The van der Waals surface area contributed by atoms with Crippen molar-refractivity contribution in [2.24, 2.45) is 0 Å². The Morgan fingerprint density at radius 3 is 2.67 bits per heavy atom. The fourth-order valence-corrected chi connectivity index (χ4v) is 1.43. The van der Waals surface area contributed by atoms with Gasteiger partial charge >= 0.3 is 0 Å². The first-order valence-electron chi connectivity index (χ1n) is 4.96. The molecule has 0 saturated carbocycles. The first-order valence-corrected chi connectivity index (χ1v) is 4.96. The average Bonchev–Trinajstić information content (AvgIpc) is 2.30. The van der Waals surface area contributed by atoms with Crippen LogP contribution in [0.5, 0.6) is 0 Å². The van der Waals surface area contributed by atoms with E-state index in [4.69, 9.17) is 5.73 Å². The molecule has 3 nitrogen and oxygen atoms in total. The van der Waals surface area contributed by atoms with Crippen molar-refractivity contribution >= 4 is 5.82 Å². The van der Waals surface area contributed by atoms with E-state index in [9.17, 15) is 0 Å². The number of nitrogens with two attached hydrogens (primary N) is 1. The third-order valence-corrected chi connectivity index (χ3v) is 2.30. The highest BCUT2D eigenvalue weighted by Crippen LogP contribution is 2.19. The summed E-state index contributed by atoms with van der Waals surface area (Å²) in [5.41, 5.74) is 8.83. The fraction of sp³-hybridized carbons (Fsp3) is 0.167. The summed E-state index contributed by atoms with van der Waals surface area (Å²) < 4.78 is 0. The minimum absolute atomic E-state index is 0.545. The fourth-order valence-electron chi connectivity index (χ4n) is 1.43. The summed E-state index contributed by atoms with van der Waals surface area (Å²) in [6.07, 6.45) is 4.55. The summed E-state index contributed by atoms with van der Waals surface area (Å²) in [5, 5.41) is 0. The lowest BCUT2D eigenvalue weighted by Gasteiger charge is -2.03. The number of nitrogen functional groups attached to an aromatic ring is 1. The molecule has 76 valence electrons. The minimum atomic E-state index is 0.545. The lowest BCUT2D eigenvalue weighted by molar-refractivity contribution is 1.04. The Morgan fingerprint density at radius 1 is 1.13 bits per heavy atom. The van der Waals surface area contributed by atoms with E-state index in [0.717, 1.165) is 23.2 Å². The molecule has 0 spiro atoms. The van der Waals surface area contributed by atoms with Gasteiger partial charge in [0.1, 0.15) is 5.82 Å². The SMILES string of the molecule is CCc1cc(-c2ccc(N)nc2)ccn1. The Hall–Kier alpha value is -1.90. The van der Waals surface area contributed by atoms with E-state index in [1.807, 2.05) is 18.3 Å². The number of aryl methyl sites for hydroxylation is 1. The Balaban J connectivity index is 2.40. The number of aromatic nitrogens is 2. The number of anilines is 1. The van der Waals surface area contributed by atoms with Crippen molar-refractivity contribution in [1.29, 1.82) is 0 Å². The van der Waals surface area contributed by atoms with E-state index in [2.05, 4.69) is 23.0 Å². The molecule has 0 saturated heterocycles. The topological polar surface area (TPSA) is 51.8 Å². The van der Waals surface area contributed by atoms with Crippen LogP contribution in [0.4, 0.5) is 5.82 Å². The molecule has 0 atom stereocenters. The van der Waals surface area contributed by atoms with Crippen LogP contribution in [0.25, 0.3) is 11.1 Å². The maximum absolute atomic E-state index is 5.54.